The van der Waals surface area contributed by atoms with E-state index in [0.29, 0.717) is 13.1 Å². The van der Waals surface area contributed by atoms with E-state index < -0.39 is 6.10 Å². The van der Waals surface area contributed by atoms with Gasteiger partial charge >= 0.3 is 0 Å². The maximum atomic E-state index is 10.4. The second-order valence-corrected chi connectivity index (χ2v) is 7.14. The fourth-order valence-electron chi connectivity index (χ4n) is 2.68. The minimum atomic E-state index is -0.574. The minimum absolute atomic E-state index is 0.266. The summed E-state index contributed by atoms with van der Waals surface area (Å²) >= 11 is 1.72. The van der Waals surface area contributed by atoms with Crippen molar-refractivity contribution >= 4 is 11.3 Å². The first kappa shape index (κ1) is 17.7. The number of aliphatic hydroxyl groups is 1. The van der Waals surface area contributed by atoms with Gasteiger partial charge in [0.25, 0.3) is 0 Å². The fourth-order valence-corrected chi connectivity index (χ4v) is 3.43. The molecule has 2 aromatic heterocycles. The Morgan fingerprint density at radius 2 is 2.08 bits per heavy atom. The second kappa shape index (κ2) is 8.85. The molecule has 0 unspecified atom stereocenters. The van der Waals surface area contributed by atoms with Gasteiger partial charge in [-0.05, 0) is 48.2 Å². The lowest BCUT2D eigenvalue weighted by Gasteiger charge is -2.24. The van der Waals surface area contributed by atoms with Crippen LogP contribution in [0.4, 0.5) is 0 Å². The first-order valence-electron chi connectivity index (χ1n) is 8.33. The second-order valence-electron chi connectivity index (χ2n) is 6.11. The van der Waals surface area contributed by atoms with Gasteiger partial charge in [0, 0.05) is 18.0 Å². The lowest BCUT2D eigenvalue weighted by atomic mass is 10.2. The van der Waals surface area contributed by atoms with Crippen LogP contribution in [0.25, 0.3) is 0 Å². The van der Waals surface area contributed by atoms with E-state index in [-0.39, 0.29) is 6.61 Å². The number of aliphatic hydroxyl groups excluding tert-OH is 1. The van der Waals surface area contributed by atoms with Crippen molar-refractivity contribution in [1.82, 2.24) is 4.90 Å². The SMILES string of the molecule is Cc1cccc(OC[C@H](O)CN(Cc2ccco2)Cc2cccs2)c1. The van der Waals surface area contributed by atoms with E-state index in [2.05, 4.69) is 16.3 Å². The Balaban J connectivity index is 1.56. The Hall–Kier alpha value is -2.08. The third-order valence-corrected chi connectivity index (χ3v) is 4.68. The molecule has 2 heterocycles. The molecule has 3 rings (SSSR count). The highest BCUT2D eigenvalue weighted by Crippen LogP contribution is 2.16. The zero-order chi connectivity index (χ0) is 17.5. The first-order chi connectivity index (χ1) is 12.2. The molecular weight excluding hydrogens is 334 g/mol. The smallest absolute Gasteiger partial charge is 0.119 e. The summed E-state index contributed by atoms with van der Waals surface area (Å²) in [5.41, 5.74) is 1.14. The summed E-state index contributed by atoms with van der Waals surface area (Å²) in [6, 6.07) is 15.8. The normalized spacial score (nSPS) is 12.4. The van der Waals surface area contributed by atoms with E-state index in [1.165, 1.54) is 4.88 Å². The van der Waals surface area contributed by atoms with Crippen LogP contribution in [-0.4, -0.2) is 29.3 Å². The number of aryl methyl sites for hydroxylation is 1. The van der Waals surface area contributed by atoms with E-state index >= 15 is 0 Å². The summed E-state index contributed by atoms with van der Waals surface area (Å²) in [6.07, 6.45) is 1.10. The quantitative estimate of drug-likeness (QED) is 0.626. The molecule has 5 heteroatoms. The van der Waals surface area contributed by atoms with Gasteiger partial charge < -0.3 is 14.3 Å². The van der Waals surface area contributed by atoms with E-state index in [4.69, 9.17) is 9.15 Å². The first-order valence-corrected chi connectivity index (χ1v) is 9.21. The van der Waals surface area contributed by atoms with Crippen LogP contribution in [0.5, 0.6) is 5.75 Å². The van der Waals surface area contributed by atoms with Crippen LogP contribution in [0.3, 0.4) is 0 Å². The maximum Gasteiger partial charge on any atom is 0.119 e. The largest absolute Gasteiger partial charge is 0.491 e. The zero-order valence-electron chi connectivity index (χ0n) is 14.3. The van der Waals surface area contributed by atoms with Crippen molar-refractivity contribution in [2.24, 2.45) is 0 Å². The molecule has 0 radical (unpaired) electrons. The highest BCUT2D eigenvalue weighted by atomic mass is 32.1. The third kappa shape index (κ3) is 5.74. The van der Waals surface area contributed by atoms with Gasteiger partial charge in [-0.3, -0.25) is 4.90 Å². The van der Waals surface area contributed by atoms with Crippen LogP contribution in [0.15, 0.2) is 64.6 Å². The molecule has 0 aliphatic carbocycles. The number of benzene rings is 1. The van der Waals surface area contributed by atoms with Crippen molar-refractivity contribution < 1.29 is 14.3 Å². The molecule has 0 aliphatic heterocycles. The van der Waals surface area contributed by atoms with Crippen LogP contribution in [0.2, 0.25) is 0 Å². The highest BCUT2D eigenvalue weighted by molar-refractivity contribution is 7.09. The number of hydrogen-bond donors (Lipinski definition) is 1. The average Bonchev–Trinajstić information content (AvgIpc) is 3.27. The maximum absolute atomic E-state index is 10.4. The van der Waals surface area contributed by atoms with E-state index in [1.807, 2.05) is 49.4 Å². The molecule has 1 N–H and O–H groups in total. The number of ether oxygens (including phenoxy) is 1. The number of thiophene rings is 1. The Bertz CT molecular complexity index is 704. The van der Waals surface area contributed by atoms with Crippen LogP contribution in [0, 0.1) is 6.92 Å². The molecule has 0 aliphatic rings. The van der Waals surface area contributed by atoms with E-state index in [0.717, 1.165) is 23.6 Å². The summed E-state index contributed by atoms with van der Waals surface area (Å²) in [7, 11) is 0. The molecule has 0 amide bonds. The molecule has 132 valence electrons. The summed E-state index contributed by atoms with van der Waals surface area (Å²) in [5, 5.41) is 12.5. The van der Waals surface area contributed by atoms with Gasteiger partial charge in [0.2, 0.25) is 0 Å². The van der Waals surface area contributed by atoms with Gasteiger partial charge in [-0.2, -0.15) is 0 Å². The van der Waals surface area contributed by atoms with Crippen LogP contribution < -0.4 is 4.74 Å². The molecule has 4 nitrogen and oxygen atoms in total. The Kier molecular flexibility index (Phi) is 6.28. The molecule has 0 fully saturated rings. The van der Waals surface area contributed by atoms with Crippen molar-refractivity contribution in [3.05, 3.63) is 76.4 Å². The number of hydrogen-bond acceptors (Lipinski definition) is 5. The van der Waals surface area contributed by atoms with Crippen LogP contribution >= 0.6 is 11.3 Å². The van der Waals surface area contributed by atoms with Crippen molar-refractivity contribution in [3.63, 3.8) is 0 Å². The molecule has 0 bridgehead atoms. The average molecular weight is 357 g/mol. The molecule has 25 heavy (non-hydrogen) atoms. The summed E-state index contributed by atoms with van der Waals surface area (Å²) in [5.74, 6) is 1.68. The number of nitrogens with zero attached hydrogens (tertiary/aromatic N) is 1. The lowest BCUT2D eigenvalue weighted by molar-refractivity contribution is 0.0608. The van der Waals surface area contributed by atoms with Crippen LogP contribution in [0.1, 0.15) is 16.2 Å². The standard InChI is InChI=1S/C20H23NO3S/c1-16-5-2-6-18(11-16)24-15-17(22)12-21(13-19-7-3-9-23-19)14-20-8-4-10-25-20/h2-11,17,22H,12-15H2,1H3/t17-/m1/s1. The molecular formula is C20H23NO3S. The number of rotatable bonds is 9. The topological polar surface area (TPSA) is 45.8 Å². The van der Waals surface area contributed by atoms with Gasteiger partial charge in [0.05, 0.1) is 12.8 Å². The van der Waals surface area contributed by atoms with Crippen molar-refractivity contribution in [2.45, 2.75) is 26.1 Å². The molecule has 1 atom stereocenters. The Labute approximate surface area is 152 Å². The minimum Gasteiger partial charge on any atom is -0.491 e. The van der Waals surface area contributed by atoms with Gasteiger partial charge in [-0.15, -0.1) is 11.3 Å². The molecule has 1 aromatic carbocycles. The predicted molar refractivity (Wildman–Crippen MR) is 99.8 cm³/mol. The Morgan fingerprint density at radius 3 is 2.80 bits per heavy atom. The van der Waals surface area contributed by atoms with Gasteiger partial charge in [-0.1, -0.05) is 18.2 Å². The molecule has 0 saturated carbocycles. The van der Waals surface area contributed by atoms with E-state index in [1.54, 1.807) is 17.6 Å². The lowest BCUT2D eigenvalue weighted by Crippen LogP contribution is -2.34. The van der Waals surface area contributed by atoms with Crippen molar-refractivity contribution in [3.8, 4) is 5.75 Å². The zero-order valence-corrected chi connectivity index (χ0v) is 15.1. The summed E-state index contributed by atoms with van der Waals surface area (Å²) in [4.78, 5) is 3.44. The molecule has 0 spiro atoms. The van der Waals surface area contributed by atoms with E-state index in [9.17, 15) is 5.11 Å². The number of furan rings is 1. The van der Waals surface area contributed by atoms with Gasteiger partial charge in [-0.25, -0.2) is 0 Å². The molecule has 3 aromatic rings. The van der Waals surface area contributed by atoms with Crippen molar-refractivity contribution in [2.75, 3.05) is 13.2 Å². The van der Waals surface area contributed by atoms with Gasteiger partial charge in [0.1, 0.15) is 24.2 Å². The van der Waals surface area contributed by atoms with Crippen LogP contribution in [-0.2, 0) is 13.1 Å². The summed E-state index contributed by atoms with van der Waals surface area (Å²) in [6.45, 7) is 4.24. The Morgan fingerprint density at radius 1 is 1.16 bits per heavy atom. The van der Waals surface area contributed by atoms with Gasteiger partial charge in [0.15, 0.2) is 0 Å². The monoisotopic (exact) mass is 357 g/mol. The predicted octanol–water partition coefficient (Wildman–Crippen LogP) is 4.09. The summed E-state index contributed by atoms with van der Waals surface area (Å²) < 4.78 is 11.2. The molecule has 0 saturated heterocycles. The fraction of sp³-hybridized carbons (Fsp3) is 0.300. The van der Waals surface area contributed by atoms with Crippen molar-refractivity contribution in [1.29, 1.82) is 0 Å². The third-order valence-electron chi connectivity index (χ3n) is 3.82. The highest BCUT2D eigenvalue weighted by Gasteiger charge is 2.15.